The second-order valence-electron chi connectivity index (χ2n) is 10.6. The summed E-state index contributed by atoms with van der Waals surface area (Å²) < 4.78 is 7.28. The average Bonchev–Trinajstić information content (AvgIpc) is 3.39. The second-order valence-corrected chi connectivity index (χ2v) is 10.6. The Bertz CT molecular complexity index is 1870. The predicted molar refractivity (Wildman–Crippen MR) is 164 cm³/mol. The molecule has 1 fully saturated rings. The highest BCUT2D eigenvalue weighted by molar-refractivity contribution is 6.51. The smallest absolute Gasteiger partial charge is 0.338 e. The Morgan fingerprint density at radius 3 is 2.21 bits per heavy atom. The van der Waals surface area contributed by atoms with E-state index in [1.165, 1.54) is 12.1 Å². The zero-order valence-electron chi connectivity index (χ0n) is 23.6. The van der Waals surface area contributed by atoms with E-state index in [2.05, 4.69) is 5.16 Å². The maximum absolute atomic E-state index is 14.0. The van der Waals surface area contributed by atoms with Crippen LogP contribution in [0.15, 0.2) is 96.2 Å². The zero-order valence-corrected chi connectivity index (χ0v) is 23.6. The lowest BCUT2D eigenvalue weighted by Gasteiger charge is -2.18. The molecule has 1 aliphatic rings. The lowest BCUT2D eigenvalue weighted by Crippen LogP contribution is -2.21. The summed E-state index contributed by atoms with van der Waals surface area (Å²) in [6, 6.07) is 26.4. The molecule has 1 saturated carbocycles. The first-order chi connectivity index (χ1) is 20.9. The molecule has 0 atom stereocenters. The summed E-state index contributed by atoms with van der Waals surface area (Å²) in [4.78, 5) is 43.0. The highest BCUT2D eigenvalue weighted by Gasteiger charge is 2.25. The van der Waals surface area contributed by atoms with Crippen molar-refractivity contribution in [2.24, 2.45) is 11.1 Å². The predicted octanol–water partition coefficient (Wildman–Crippen LogP) is 7.41. The third-order valence-electron chi connectivity index (χ3n) is 8.00. The molecule has 0 radical (unpaired) electrons. The third-order valence-corrected chi connectivity index (χ3v) is 8.00. The van der Waals surface area contributed by atoms with Gasteiger partial charge in [0.25, 0.3) is 5.69 Å². The van der Waals surface area contributed by atoms with Gasteiger partial charge in [0.15, 0.2) is 5.71 Å². The lowest BCUT2D eigenvalue weighted by molar-refractivity contribution is -0.384. The quantitative estimate of drug-likeness (QED) is 0.0626. The molecule has 5 aromatic rings. The summed E-state index contributed by atoms with van der Waals surface area (Å²) in [7, 11) is 1.56. The number of hydrogen-bond donors (Lipinski definition) is 0. The number of fused-ring (bicyclic) bond motifs is 3. The van der Waals surface area contributed by atoms with Crippen LogP contribution in [0.2, 0.25) is 0 Å². The van der Waals surface area contributed by atoms with Gasteiger partial charge >= 0.3 is 5.97 Å². The van der Waals surface area contributed by atoms with Gasteiger partial charge in [-0.15, -0.1) is 0 Å². The van der Waals surface area contributed by atoms with Crippen LogP contribution in [-0.2, 0) is 9.63 Å². The number of ketones is 1. The fraction of sp³-hybridized carbons (Fsp3) is 0.206. The van der Waals surface area contributed by atoms with E-state index in [0.717, 1.165) is 59.6 Å². The van der Waals surface area contributed by atoms with E-state index in [9.17, 15) is 19.7 Å². The van der Waals surface area contributed by atoms with Crippen LogP contribution in [0.4, 0.5) is 5.69 Å². The Kier molecular flexibility index (Phi) is 7.70. The van der Waals surface area contributed by atoms with Crippen molar-refractivity contribution in [2.45, 2.75) is 32.1 Å². The molecule has 0 aliphatic heterocycles. The van der Waals surface area contributed by atoms with Gasteiger partial charge in [0, 0.05) is 39.7 Å². The molecule has 0 amide bonds. The van der Waals surface area contributed by atoms with E-state index >= 15 is 0 Å². The third kappa shape index (κ3) is 5.49. The number of nitro groups is 1. The van der Waals surface area contributed by atoms with E-state index in [1.807, 2.05) is 41.0 Å². The average molecular weight is 576 g/mol. The number of Topliss-reactive ketones (excluding diaryl/α,β-unsaturated/α-hetero) is 1. The molecular formula is C34H29N3O6. The maximum atomic E-state index is 14.0. The summed E-state index contributed by atoms with van der Waals surface area (Å²) in [5.74, 6) is -0.405. The van der Waals surface area contributed by atoms with Crippen molar-refractivity contribution in [3.8, 4) is 11.4 Å². The van der Waals surface area contributed by atoms with Crippen molar-refractivity contribution in [3.63, 3.8) is 0 Å². The highest BCUT2D eigenvalue weighted by atomic mass is 16.7. The summed E-state index contributed by atoms with van der Waals surface area (Å²) in [5.41, 5.74) is 3.38. The number of rotatable bonds is 8. The lowest BCUT2D eigenvalue weighted by atomic mass is 9.89. The van der Waals surface area contributed by atoms with Gasteiger partial charge < -0.3 is 14.1 Å². The first-order valence-corrected chi connectivity index (χ1v) is 14.2. The molecule has 0 bridgehead atoms. The Hall–Kier alpha value is -5.31. The SMILES string of the molecule is COc1ccc(C(=NOC(=O)C2CCCCC2)C(=O)c2ccc3c(c2)c2ccccc2n3-c2ccc([N+](=O)[O-])cc2)cc1. The number of oxime groups is 1. The van der Waals surface area contributed by atoms with E-state index in [-0.39, 0.29) is 17.3 Å². The van der Waals surface area contributed by atoms with Crippen LogP contribution >= 0.6 is 0 Å². The van der Waals surface area contributed by atoms with Crippen molar-refractivity contribution in [1.82, 2.24) is 4.57 Å². The summed E-state index contributed by atoms with van der Waals surface area (Å²) >= 11 is 0. The largest absolute Gasteiger partial charge is 0.497 e. The molecule has 1 aromatic heterocycles. The highest BCUT2D eigenvalue weighted by Crippen LogP contribution is 2.33. The van der Waals surface area contributed by atoms with Crippen molar-refractivity contribution in [1.29, 1.82) is 0 Å². The number of nitro benzene ring substituents is 1. The standard InChI is InChI=1S/C34H29N3O6/c1-42-27-18-11-22(12-19-27)32(35-43-34(39)23-7-3-2-4-8-23)33(38)24-13-20-31-29(21-24)28-9-5-6-10-30(28)36(31)25-14-16-26(17-15-25)37(40)41/h5-6,9-21,23H,2-4,7-8H2,1H3. The fourth-order valence-corrected chi connectivity index (χ4v) is 5.73. The molecule has 43 heavy (non-hydrogen) atoms. The van der Waals surface area contributed by atoms with Crippen molar-refractivity contribution < 1.29 is 24.1 Å². The maximum Gasteiger partial charge on any atom is 0.338 e. The Morgan fingerprint density at radius 1 is 0.837 bits per heavy atom. The van der Waals surface area contributed by atoms with E-state index in [0.29, 0.717) is 16.9 Å². The van der Waals surface area contributed by atoms with Gasteiger partial charge in [-0.2, -0.15) is 0 Å². The molecule has 1 heterocycles. The number of benzene rings is 4. The van der Waals surface area contributed by atoms with Crippen LogP contribution in [0, 0.1) is 16.0 Å². The molecule has 4 aromatic carbocycles. The molecule has 1 aliphatic carbocycles. The number of carbonyl (C=O) groups excluding carboxylic acids is 2. The topological polar surface area (TPSA) is 113 Å². The summed E-state index contributed by atoms with van der Waals surface area (Å²) in [6.45, 7) is 0. The van der Waals surface area contributed by atoms with Crippen LogP contribution in [0.3, 0.4) is 0 Å². The summed E-state index contributed by atoms with van der Waals surface area (Å²) in [5, 5.41) is 17.1. The molecule has 6 rings (SSSR count). The van der Waals surface area contributed by atoms with Crippen LogP contribution in [-0.4, -0.2) is 34.1 Å². The second kappa shape index (κ2) is 11.9. The number of methoxy groups -OCH3 is 1. The minimum atomic E-state index is -0.429. The Balaban J connectivity index is 1.41. The molecule has 0 N–H and O–H groups in total. The van der Waals surface area contributed by atoms with Crippen molar-refractivity contribution in [2.75, 3.05) is 7.11 Å². The number of hydrogen-bond acceptors (Lipinski definition) is 7. The normalized spacial score (nSPS) is 14.1. The van der Waals surface area contributed by atoms with Crippen LogP contribution in [0.25, 0.3) is 27.5 Å². The van der Waals surface area contributed by atoms with Crippen molar-refractivity contribution >= 4 is 45.0 Å². The summed E-state index contributed by atoms with van der Waals surface area (Å²) in [6.07, 6.45) is 4.57. The van der Waals surface area contributed by atoms with Crippen LogP contribution < -0.4 is 4.74 Å². The van der Waals surface area contributed by atoms with Crippen LogP contribution in [0.1, 0.15) is 48.0 Å². The molecule has 0 unspecified atom stereocenters. The zero-order chi connectivity index (χ0) is 29.9. The Labute approximate surface area is 247 Å². The van der Waals surface area contributed by atoms with E-state index in [4.69, 9.17) is 9.57 Å². The van der Waals surface area contributed by atoms with Gasteiger partial charge in [-0.05, 0) is 73.5 Å². The molecule has 0 saturated heterocycles. The number of para-hydroxylation sites is 1. The number of ether oxygens (including phenoxy) is 1. The van der Waals surface area contributed by atoms with E-state index < -0.39 is 16.7 Å². The van der Waals surface area contributed by atoms with Crippen molar-refractivity contribution in [3.05, 3.63) is 112 Å². The molecule has 216 valence electrons. The molecular weight excluding hydrogens is 546 g/mol. The minimum absolute atomic E-state index is 0.00642. The number of non-ortho nitro benzene ring substituents is 1. The van der Waals surface area contributed by atoms with Gasteiger partial charge in [0.2, 0.25) is 5.78 Å². The van der Waals surface area contributed by atoms with E-state index in [1.54, 1.807) is 49.6 Å². The number of carbonyl (C=O) groups is 2. The van der Waals surface area contributed by atoms with Gasteiger partial charge in [0.1, 0.15) is 5.75 Å². The number of nitrogens with zero attached hydrogens (tertiary/aromatic N) is 3. The first-order valence-electron chi connectivity index (χ1n) is 14.2. The molecule has 9 nitrogen and oxygen atoms in total. The minimum Gasteiger partial charge on any atom is -0.497 e. The Morgan fingerprint density at radius 2 is 1.51 bits per heavy atom. The molecule has 0 spiro atoms. The fourth-order valence-electron chi connectivity index (χ4n) is 5.73. The first kappa shape index (κ1) is 27.8. The monoisotopic (exact) mass is 575 g/mol. The van der Waals surface area contributed by atoms with Gasteiger partial charge in [0.05, 0.1) is 29.0 Å². The van der Waals surface area contributed by atoms with Gasteiger partial charge in [-0.25, -0.2) is 4.79 Å². The van der Waals surface area contributed by atoms with Gasteiger partial charge in [-0.1, -0.05) is 42.6 Å². The number of aromatic nitrogens is 1. The van der Waals surface area contributed by atoms with Gasteiger partial charge in [-0.3, -0.25) is 14.9 Å². The molecule has 9 heteroatoms. The van der Waals surface area contributed by atoms with Crippen LogP contribution in [0.5, 0.6) is 5.75 Å².